The van der Waals surface area contributed by atoms with E-state index in [1.807, 2.05) is 0 Å². The Hall–Kier alpha value is -0.883. The van der Waals surface area contributed by atoms with Gasteiger partial charge in [0, 0.05) is 10.6 Å². The van der Waals surface area contributed by atoms with Crippen molar-refractivity contribution in [3.8, 4) is 0 Å². The van der Waals surface area contributed by atoms with Crippen LogP contribution in [0.15, 0.2) is 69.6 Å². The molecule has 0 saturated heterocycles. The minimum atomic E-state index is -2.37. The largest absolute Gasteiger partial charge is 0.311 e. The maximum Gasteiger partial charge on any atom is 0.173 e. The molecule has 5 heteroatoms. The Morgan fingerprint density at radius 2 is 0.875 bits per heavy atom. The first kappa shape index (κ1) is 27.4. The van der Waals surface area contributed by atoms with Gasteiger partial charge in [0.1, 0.15) is 7.21 Å². The van der Waals surface area contributed by atoms with Gasteiger partial charge in [0.25, 0.3) is 0 Å². The normalized spacial score (nSPS) is 14.2. The maximum atomic E-state index is 6.27. The molecule has 0 aliphatic rings. The van der Waals surface area contributed by atoms with Crippen LogP contribution in [0.1, 0.15) is 62.3 Å². The molecule has 0 spiro atoms. The summed E-state index contributed by atoms with van der Waals surface area (Å²) in [5.41, 5.74) is 0. The molecule has 2 nitrogen and oxygen atoms in total. The van der Waals surface area contributed by atoms with Crippen LogP contribution >= 0.6 is 14.3 Å². The highest BCUT2D eigenvalue weighted by molar-refractivity contribution is 7.87. The molecule has 0 fully saturated rings. The molecule has 178 valence electrons. The van der Waals surface area contributed by atoms with Crippen LogP contribution in [0.5, 0.6) is 0 Å². The van der Waals surface area contributed by atoms with Gasteiger partial charge in [-0.3, -0.25) is 4.52 Å². The van der Waals surface area contributed by atoms with Crippen molar-refractivity contribution in [1.82, 2.24) is 0 Å². The lowest BCUT2D eigenvalue weighted by atomic mass is 10.2. The highest BCUT2D eigenvalue weighted by Crippen LogP contribution is 2.80. The summed E-state index contributed by atoms with van der Waals surface area (Å²) in [6.45, 7) is 28.8. The van der Waals surface area contributed by atoms with Crippen molar-refractivity contribution in [2.24, 2.45) is 8.93 Å². The molecule has 0 amide bonds. The molecule has 0 N–H and O–H groups in total. The lowest BCUT2D eigenvalue weighted by Crippen LogP contribution is -2.39. The zero-order chi connectivity index (χ0) is 24.6. The zero-order valence-electron chi connectivity index (χ0n) is 22.6. The van der Waals surface area contributed by atoms with Crippen molar-refractivity contribution in [2.45, 2.75) is 97.4 Å². The second-order valence-electron chi connectivity index (χ2n) is 12.8. The second-order valence-corrected chi connectivity index (χ2v) is 26.2. The number of nitrogens with zero attached hydrogens (tertiary/aromatic N) is 2. The Morgan fingerprint density at radius 1 is 0.562 bits per heavy atom. The molecule has 0 bridgehead atoms. The summed E-state index contributed by atoms with van der Waals surface area (Å²) >= 11 is 0. The number of benzene rings is 2. The molecule has 0 atom stereocenters. The van der Waals surface area contributed by atoms with Crippen LogP contribution in [0.3, 0.4) is 0 Å². The first-order valence-corrected chi connectivity index (χ1v) is 18.6. The predicted octanol–water partition coefficient (Wildman–Crippen LogP) is 9.19. The Bertz CT molecular complexity index is 928. The first-order chi connectivity index (χ1) is 14.4. The highest BCUT2D eigenvalue weighted by atomic mass is 31.2. The van der Waals surface area contributed by atoms with Gasteiger partial charge in [0.2, 0.25) is 0 Å². The minimum Gasteiger partial charge on any atom is -0.311 e. The third-order valence-corrected chi connectivity index (χ3v) is 19.4. The van der Waals surface area contributed by atoms with E-state index in [1.54, 1.807) is 0 Å². The molecular weight excluding hydrogens is 442 g/mol. The van der Waals surface area contributed by atoms with E-state index in [1.165, 1.54) is 10.6 Å². The van der Waals surface area contributed by atoms with Crippen LogP contribution in [-0.2, 0) is 0 Å². The van der Waals surface area contributed by atoms with E-state index in [-0.39, 0.29) is 15.5 Å². The quantitative estimate of drug-likeness (QED) is 0.303. The SMILES string of the molecule is CC(C)(C)P(=NP(=N[Si](C)(C)C)(c1ccccc1)c1ccccc1)(C(C)(C)C)C(C)(C)C. The maximum absolute atomic E-state index is 6.27. The molecular formula is C27H46N2P2Si. The van der Waals surface area contributed by atoms with E-state index in [9.17, 15) is 0 Å². The number of rotatable bonds is 4. The lowest BCUT2D eigenvalue weighted by molar-refractivity contribution is 0.631. The summed E-state index contributed by atoms with van der Waals surface area (Å²) < 4.78 is 12.1. The van der Waals surface area contributed by atoms with Gasteiger partial charge in [-0.05, 0) is 42.2 Å². The Morgan fingerprint density at radius 3 is 1.12 bits per heavy atom. The van der Waals surface area contributed by atoms with E-state index in [0.717, 1.165) is 0 Å². The molecule has 0 aliphatic heterocycles. The Labute approximate surface area is 199 Å². The van der Waals surface area contributed by atoms with Crippen LogP contribution in [0, 0.1) is 0 Å². The highest BCUT2D eigenvalue weighted by Gasteiger charge is 2.52. The monoisotopic (exact) mass is 488 g/mol. The van der Waals surface area contributed by atoms with E-state index >= 15 is 0 Å². The topological polar surface area (TPSA) is 24.7 Å². The van der Waals surface area contributed by atoms with Gasteiger partial charge >= 0.3 is 0 Å². The van der Waals surface area contributed by atoms with Gasteiger partial charge in [0.05, 0.1) is 0 Å². The summed E-state index contributed by atoms with van der Waals surface area (Å²) in [5.74, 6) is 0. The summed E-state index contributed by atoms with van der Waals surface area (Å²) in [4.78, 5) is 0. The summed E-state index contributed by atoms with van der Waals surface area (Å²) in [7, 11) is -6.19. The fourth-order valence-corrected chi connectivity index (χ4v) is 23.7. The zero-order valence-corrected chi connectivity index (χ0v) is 25.4. The molecule has 0 aromatic heterocycles. The van der Waals surface area contributed by atoms with Crippen molar-refractivity contribution in [1.29, 1.82) is 0 Å². The smallest absolute Gasteiger partial charge is 0.173 e. The molecule has 0 heterocycles. The van der Waals surface area contributed by atoms with E-state index < -0.39 is 22.5 Å². The van der Waals surface area contributed by atoms with Gasteiger partial charge in [-0.1, -0.05) is 123 Å². The van der Waals surface area contributed by atoms with Crippen LogP contribution in [0.25, 0.3) is 0 Å². The van der Waals surface area contributed by atoms with Crippen molar-refractivity contribution in [3.63, 3.8) is 0 Å². The number of hydrogen-bond acceptors (Lipinski definition) is 1. The van der Waals surface area contributed by atoms with E-state index in [2.05, 4.69) is 143 Å². The van der Waals surface area contributed by atoms with Crippen LogP contribution in [-0.4, -0.2) is 23.7 Å². The Balaban J connectivity index is 3.34. The van der Waals surface area contributed by atoms with Gasteiger partial charge in [-0.2, -0.15) is 0 Å². The van der Waals surface area contributed by atoms with Crippen molar-refractivity contribution in [2.75, 3.05) is 0 Å². The lowest BCUT2D eigenvalue weighted by Gasteiger charge is -2.55. The average molecular weight is 489 g/mol. The summed E-state index contributed by atoms with van der Waals surface area (Å²) in [6, 6.07) is 22.0. The van der Waals surface area contributed by atoms with Crippen LogP contribution in [0.4, 0.5) is 0 Å². The average Bonchev–Trinajstić information content (AvgIpc) is 2.62. The van der Waals surface area contributed by atoms with Gasteiger partial charge in [-0.25, -0.2) is 0 Å². The van der Waals surface area contributed by atoms with Crippen LogP contribution in [0.2, 0.25) is 19.6 Å². The van der Waals surface area contributed by atoms with Crippen molar-refractivity contribution < 1.29 is 0 Å². The standard InChI is InChI=1S/C27H46N2P2Si/c1-25(2,3)31(26(4,5)6,27(7,8)9)28-30(29-32(10,11)12,23-19-15-13-16-20-23)24-21-17-14-18-22-24/h13-22H,1-12H3. The molecule has 0 aliphatic carbocycles. The number of hydrogen-bond donors (Lipinski definition) is 0. The van der Waals surface area contributed by atoms with Gasteiger partial charge < -0.3 is 4.41 Å². The Kier molecular flexibility index (Phi) is 7.74. The molecule has 2 rings (SSSR count). The fourth-order valence-electron chi connectivity index (χ4n) is 5.71. The fraction of sp³-hybridized carbons (Fsp3) is 0.556. The van der Waals surface area contributed by atoms with Crippen molar-refractivity contribution >= 4 is 33.1 Å². The summed E-state index contributed by atoms with van der Waals surface area (Å²) in [6.07, 6.45) is 0. The van der Waals surface area contributed by atoms with Gasteiger partial charge in [0.15, 0.2) is 8.24 Å². The summed E-state index contributed by atoms with van der Waals surface area (Å²) in [5, 5.41) is 2.72. The molecule has 0 unspecified atom stereocenters. The molecule has 0 radical (unpaired) electrons. The van der Waals surface area contributed by atoms with Gasteiger partial charge in [-0.15, -0.1) is 0 Å². The third-order valence-electron chi connectivity index (χ3n) is 5.85. The van der Waals surface area contributed by atoms with Crippen LogP contribution < -0.4 is 10.6 Å². The molecule has 0 saturated carbocycles. The van der Waals surface area contributed by atoms with E-state index in [0.29, 0.717) is 0 Å². The van der Waals surface area contributed by atoms with E-state index in [4.69, 9.17) is 8.93 Å². The first-order valence-electron chi connectivity index (χ1n) is 11.8. The molecule has 2 aromatic rings. The van der Waals surface area contributed by atoms with Crippen molar-refractivity contribution in [3.05, 3.63) is 60.7 Å². The molecule has 2 aromatic carbocycles. The molecule has 32 heavy (non-hydrogen) atoms. The minimum absolute atomic E-state index is 0.0489. The predicted molar refractivity (Wildman–Crippen MR) is 153 cm³/mol. The second kappa shape index (κ2) is 9.05. The third kappa shape index (κ3) is 5.27.